The molecule has 2 aromatic heterocycles. The lowest BCUT2D eigenvalue weighted by Gasteiger charge is -2.27. The van der Waals surface area contributed by atoms with Crippen molar-refractivity contribution < 1.29 is 9.59 Å². The number of rotatable bonds is 2. The van der Waals surface area contributed by atoms with E-state index in [2.05, 4.69) is 20.7 Å². The van der Waals surface area contributed by atoms with Crippen molar-refractivity contribution in [3.63, 3.8) is 0 Å². The van der Waals surface area contributed by atoms with Gasteiger partial charge in [0.1, 0.15) is 0 Å². The number of hydrogen-bond acceptors (Lipinski definition) is 5. The Kier molecular flexibility index (Phi) is 3.45. The molecule has 0 unspecified atom stereocenters. The molecular weight excluding hydrogens is 296 g/mol. The topological polar surface area (TPSA) is 92.2 Å². The average Bonchev–Trinajstić information content (AvgIpc) is 3.00. The number of imide groups is 1. The van der Waals surface area contributed by atoms with Gasteiger partial charge in [-0.25, -0.2) is 4.79 Å². The van der Waals surface area contributed by atoms with E-state index in [9.17, 15) is 9.59 Å². The molecule has 2 fully saturated rings. The van der Waals surface area contributed by atoms with E-state index in [1.807, 2.05) is 4.68 Å². The molecule has 0 radical (unpaired) electrons. The van der Waals surface area contributed by atoms with Crippen molar-refractivity contribution in [3.05, 3.63) is 18.6 Å². The highest BCUT2D eigenvalue weighted by atomic mass is 16.2. The number of carbonyl (C=O) groups is 2. The van der Waals surface area contributed by atoms with Gasteiger partial charge in [-0.05, 0) is 25.9 Å². The summed E-state index contributed by atoms with van der Waals surface area (Å²) < 4.78 is 2.01. The number of amides is 3. The van der Waals surface area contributed by atoms with Crippen molar-refractivity contribution in [2.24, 2.45) is 0 Å². The second kappa shape index (κ2) is 5.62. The van der Waals surface area contributed by atoms with Crippen LogP contribution in [0.25, 0.3) is 10.9 Å². The van der Waals surface area contributed by atoms with Gasteiger partial charge in [0.25, 0.3) is 0 Å². The SMILES string of the molecule is O=C1CCN(c2cncc3c2cnn3C2CCNCC2)C(=O)N1. The number of hydrogen-bond donors (Lipinski definition) is 2. The summed E-state index contributed by atoms with van der Waals surface area (Å²) in [5, 5.41) is 11.1. The van der Waals surface area contributed by atoms with Gasteiger partial charge >= 0.3 is 6.03 Å². The standard InChI is InChI=1S/C15H18N6O2/c22-14-3-6-20(15(23)19-14)12-8-17-9-13-11(12)7-18-21(13)10-1-4-16-5-2-10/h7-10,16H,1-6H2,(H,19,22,23). The Morgan fingerprint density at radius 1 is 1.13 bits per heavy atom. The zero-order valence-electron chi connectivity index (χ0n) is 12.7. The zero-order chi connectivity index (χ0) is 15.8. The first kappa shape index (κ1) is 14.1. The van der Waals surface area contributed by atoms with E-state index in [0.29, 0.717) is 24.7 Å². The third-order valence-electron chi connectivity index (χ3n) is 4.50. The fourth-order valence-corrected chi connectivity index (χ4v) is 3.30. The molecule has 0 aliphatic carbocycles. The summed E-state index contributed by atoms with van der Waals surface area (Å²) in [6.07, 6.45) is 7.59. The van der Waals surface area contributed by atoms with Gasteiger partial charge < -0.3 is 5.32 Å². The summed E-state index contributed by atoms with van der Waals surface area (Å²) in [7, 11) is 0. The second-order valence-electron chi connectivity index (χ2n) is 5.92. The van der Waals surface area contributed by atoms with Gasteiger partial charge in [-0.3, -0.25) is 24.7 Å². The molecule has 120 valence electrons. The number of aromatic nitrogens is 3. The second-order valence-corrected chi connectivity index (χ2v) is 5.92. The van der Waals surface area contributed by atoms with E-state index < -0.39 is 6.03 Å². The van der Waals surface area contributed by atoms with Gasteiger partial charge in [0.2, 0.25) is 5.91 Å². The molecular formula is C15H18N6O2. The van der Waals surface area contributed by atoms with Gasteiger partial charge in [-0.2, -0.15) is 5.10 Å². The predicted octanol–water partition coefficient (Wildman–Crippen LogP) is 0.802. The van der Waals surface area contributed by atoms with Crippen LogP contribution >= 0.6 is 0 Å². The maximum absolute atomic E-state index is 12.1. The lowest BCUT2D eigenvalue weighted by atomic mass is 10.1. The quantitative estimate of drug-likeness (QED) is 0.855. The third kappa shape index (κ3) is 2.44. The minimum absolute atomic E-state index is 0.239. The van der Waals surface area contributed by atoms with Crippen LogP contribution in [0, 0.1) is 0 Å². The lowest BCUT2D eigenvalue weighted by molar-refractivity contribution is -0.120. The molecule has 2 aromatic rings. The number of piperidine rings is 1. The molecule has 2 N–H and O–H groups in total. The Labute approximate surface area is 132 Å². The van der Waals surface area contributed by atoms with Crippen LogP contribution in [0.2, 0.25) is 0 Å². The monoisotopic (exact) mass is 314 g/mol. The zero-order valence-corrected chi connectivity index (χ0v) is 12.7. The van der Waals surface area contributed by atoms with E-state index in [4.69, 9.17) is 0 Å². The first-order valence-corrected chi connectivity index (χ1v) is 7.87. The molecule has 0 bridgehead atoms. The van der Waals surface area contributed by atoms with Crippen molar-refractivity contribution in [2.45, 2.75) is 25.3 Å². The summed E-state index contributed by atoms with van der Waals surface area (Å²) in [6, 6.07) is -0.0484. The Balaban J connectivity index is 1.73. The summed E-state index contributed by atoms with van der Waals surface area (Å²) in [6.45, 7) is 2.33. The Morgan fingerprint density at radius 2 is 1.96 bits per heavy atom. The van der Waals surface area contributed by atoms with Crippen molar-refractivity contribution >= 4 is 28.5 Å². The molecule has 0 spiro atoms. The van der Waals surface area contributed by atoms with Crippen LogP contribution in [0.1, 0.15) is 25.3 Å². The van der Waals surface area contributed by atoms with Crippen LogP contribution in [0.5, 0.6) is 0 Å². The highest BCUT2D eigenvalue weighted by Crippen LogP contribution is 2.30. The molecule has 0 atom stereocenters. The number of carbonyl (C=O) groups excluding carboxylic acids is 2. The molecule has 2 saturated heterocycles. The van der Waals surface area contributed by atoms with Crippen LogP contribution in [0.15, 0.2) is 18.6 Å². The normalized spacial score (nSPS) is 20.1. The first-order chi connectivity index (χ1) is 11.2. The number of anilines is 1. The van der Waals surface area contributed by atoms with Crippen molar-refractivity contribution in [2.75, 3.05) is 24.5 Å². The molecule has 2 aliphatic heterocycles. The van der Waals surface area contributed by atoms with Crippen LogP contribution in [-0.4, -0.2) is 46.3 Å². The Morgan fingerprint density at radius 3 is 2.74 bits per heavy atom. The van der Waals surface area contributed by atoms with Gasteiger partial charge in [0.15, 0.2) is 0 Å². The van der Waals surface area contributed by atoms with E-state index in [1.54, 1.807) is 23.5 Å². The molecule has 4 rings (SSSR count). The maximum atomic E-state index is 12.1. The number of fused-ring (bicyclic) bond motifs is 1. The molecule has 8 nitrogen and oxygen atoms in total. The van der Waals surface area contributed by atoms with Gasteiger partial charge in [0.05, 0.1) is 35.8 Å². The number of nitrogens with zero attached hydrogens (tertiary/aromatic N) is 4. The molecule has 2 aliphatic rings. The average molecular weight is 314 g/mol. The molecule has 0 aromatic carbocycles. The Hall–Kier alpha value is -2.48. The van der Waals surface area contributed by atoms with Crippen molar-refractivity contribution in [1.29, 1.82) is 0 Å². The largest absolute Gasteiger partial charge is 0.328 e. The van der Waals surface area contributed by atoms with Crippen LogP contribution < -0.4 is 15.5 Å². The van der Waals surface area contributed by atoms with Crippen molar-refractivity contribution in [1.82, 2.24) is 25.4 Å². The third-order valence-corrected chi connectivity index (χ3v) is 4.50. The fraction of sp³-hybridized carbons (Fsp3) is 0.467. The van der Waals surface area contributed by atoms with Crippen LogP contribution in [-0.2, 0) is 4.79 Å². The van der Waals surface area contributed by atoms with Gasteiger partial charge in [-0.15, -0.1) is 0 Å². The molecule has 0 saturated carbocycles. The van der Waals surface area contributed by atoms with Crippen molar-refractivity contribution in [3.8, 4) is 0 Å². The van der Waals surface area contributed by atoms with Crippen LogP contribution in [0.4, 0.5) is 10.5 Å². The summed E-state index contributed by atoms with van der Waals surface area (Å²) in [5.41, 5.74) is 1.63. The first-order valence-electron chi connectivity index (χ1n) is 7.87. The Bertz CT molecular complexity index is 764. The predicted molar refractivity (Wildman–Crippen MR) is 84.2 cm³/mol. The minimum Gasteiger partial charge on any atom is -0.317 e. The molecule has 4 heterocycles. The number of nitrogens with one attached hydrogen (secondary N) is 2. The summed E-state index contributed by atoms with van der Waals surface area (Å²) in [5.74, 6) is -0.239. The highest BCUT2D eigenvalue weighted by Gasteiger charge is 2.27. The minimum atomic E-state index is -0.398. The van der Waals surface area contributed by atoms with E-state index in [-0.39, 0.29) is 5.91 Å². The molecule has 23 heavy (non-hydrogen) atoms. The van der Waals surface area contributed by atoms with E-state index in [0.717, 1.165) is 36.8 Å². The summed E-state index contributed by atoms with van der Waals surface area (Å²) in [4.78, 5) is 29.3. The smallest absolute Gasteiger partial charge is 0.317 e. The van der Waals surface area contributed by atoms with E-state index in [1.165, 1.54) is 0 Å². The maximum Gasteiger partial charge on any atom is 0.328 e. The number of pyridine rings is 1. The fourth-order valence-electron chi connectivity index (χ4n) is 3.30. The van der Waals surface area contributed by atoms with Gasteiger partial charge in [0, 0.05) is 18.4 Å². The number of urea groups is 1. The van der Waals surface area contributed by atoms with E-state index >= 15 is 0 Å². The lowest BCUT2D eigenvalue weighted by Crippen LogP contribution is -2.49. The molecule has 8 heteroatoms. The highest BCUT2D eigenvalue weighted by molar-refractivity contribution is 6.09. The van der Waals surface area contributed by atoms with Gasteiger partial charge in [-0.1, -0.05) is 0 Å². The molecule has 3 amide bonds. The summed E-state index contributed by atoms with van der Waals surface area (Å²) >= 11 is 0. The van der Waals surface area contributed by atoms with Crippen LogP contribution in [0.3, 0.4) is 0 Å².